The molecule has 2 heterocycles. The van der Waals surface area contributed by atoms with Gasteiger partial charge in [0.05, 0.1) is 13.2 Å². The highest BCUT2D eigenvalue weighted by Gasteiger charge is 2.35. The number of nitrogens with zero attached hydrogens (tertiary/aromatic N) is 1. The second-order valence-corrected chi connectivity index (χ2v) is 6.74. The van der Waals surface area contributed by atoms with Gasteiger partial charge in [0.2, 0.25) is 5.91 Å². The second-order valence-electron chi connectivity index (χ2n) is 6.74. The van der Waals surface area contributed by atoms with E-state index in [0.717, 1.165) is 5.56 Å². The molecule has 2 N–H and O–H groups in total. The van der Waals surface area contributed by atoms with E-state index in [0.29, 0.717) is 26.1 Å². The molecule has 4 rings (SSSR count). The maximum atomic E-state index is 13.1. The van der Waals surface area contributed by atoms with Gasteiger partial charge in [0, 0.05) is 12.6 Å². The van der Waals surface area contributed by atoms with Gasteiger partial charge in [0.15, 0.2) is 0 Å². The molecule has 2 aromatic carbocycles. The molecular weight excluding hydrogens is 333 g/mol. The lowest BCUT2D eigenvalue weighted by Gasteiger charge is -2.34. The van der Waals surface area contributed by atoms with Crippen LogP contribution in [0.4, 0.5) is 4.39 Å². The number of morpholine rings is 1. The van der Waals surface area contributed by atoms with Crippen molar-refractivity contribution in [2.24, 2.45) is 0 Å². The van der Waals surface area contributed by atoms with Crippen LogP contribution in [0.2, 0.25) is 0 Å². The van der Waals surface area contributed by atoms with Crippen LogP contribution in [0.15, 0.2) is 54.6 Å². The molecule has 3 atom stereocenters. The minimum absolute atomic E-state index is 0.0753. The molecule has 1 amide bonds. The molecule has 3 unspecified atom stereocenters. The number of hydrogen-bond donors (Lipinski definition) is 2. The van der Waals surface area contributed by atoms with Crippen molar-refractivity contribution in [3.8, 4) is 0 Å². The van der Waals surface area contributed by atoms with E-state index in [1.807, 2.05) is 23.1 Å². The average molecular weight is 355 g/mol. The Bertz CT molecular complexity index is 753. The third kappa shape index (κ3) is 3.62. The van der Waals surface area contributed by atoms with Crippen molar-refractivity contribution in [2.75, 3.05) is 19.7 Å². The summed E-state index contributed by atoms with van der Waals surface area (Å²) in [6.07, 6.45) is 0.495. The Morgan fingerprint density at radius 1 is 1.04 bits per heavy atom. The van der Waals surface area contributed by atoms with Gasteiger partial charge >= 0.3 is 0 Å². The number of halogens is 1. The summed E-state index contributed by atoms with van der Waals surface area (Å²) in [7, 11) is 0. The number of nitrogens with one attached hydrogen (secondary N) is 2. The molecule has 2 saturated heterocycles. The van der Waals surface area contributed by atoms with E-state index in [9.17, 15) is 9.18 Å². The van der Waals surface area contributed by atoms with E-state index in [1.54, 1.807) is 12.1 Å². The van der Waals surface area contributed by atoms with Crippen LogP contribution in [-0.4, -0.2) is 36.5 Å². The van der Waals surface area contributed by atoms with Crippen molar-refractivity contribution in [3.05, 3.63) is 71.5 Å². The normalized spacial score (nSPS) is 26.0. The summed E-state index contributed by atoms with van der Waals surface area (Å²) in [4.78, 5) is 14.8. The molecule has 2 aliphatic rings. The Kier molecular flexibility index (Phi) is 4.97. The van der Waals surface area contributed by atoms with Gasteiger partial charge in [-0.05, 0) is 29.7 Å². The minimum Gasteiger partial charge on any atom is -0.370 e. The third-order valence-corrected chi connectivity index (χ3v) is 5.02. The molecule has 0 radical (unpaired) electrons. The highest BCUT2D eigenvalue weighted by Crippen LogP contribution is 2.26. The molecule has 26 heavy (non-hydrogen) atoms. The Morgan fingerprint density at radius 2 is 1.81 bits per heavy atom. The molecule has 0 spiro atoms. The highest BCUT2D eigenvalue weighted by atomic mass is 19.1. The van der Waals surface area contributed by atoms with Crippen LogP contribution in [0.25, 0.3) is 0 Å². The lowest BCUT2D eigenvalue weighted by atomic mass is 10.0. The van der Waals surface area contributed by atoms with E-state index in [2.05, 4.69) is 23.0 Å². The van der Waals surface area contributed by atoms with Gasteiger partial charge in [-0.15, -0.1) is 0 Å². The zero-order valence-electron chi connectivity index (χ0n) is 14.4. The maximum Gasteiger partial charge on any atom is 0.241 e. The number of hydrogen-bond acceptors (Lipinski definition) is 4. The fourth-order valence-corrected chi connectivity index (χ4v) is 3.57. The van der Waals surface area contributed by atoms with Crippen LogP contribution in [0, 0.1) is 5.82 Å². The number of rotatable bonds is 3. The number of benzene rings is 2. The molecule has 0 saturated carbocycles. The van der Waals surface area contributed by atoms with Crippen LogP contribution in [0.1, 0.15) is 29.7 Å². The Hall–Kier alpha value is -2.28. The second kappa shape index (κ2) is 7.53. The van der Waals surface area contributed by atoms with E-state index in [-0.39, 0.29) is 29.9 Å². The van der Waals surface area contributed by atoms with Gasteiger partial charge in [0.25, 0.3) is 0 Å². The van der Waals surface area contributed by atoms with Gasteiger partial charge in [-0.25, -0.2) is 15.2 Å². The van der Waals surface area contributed by atoms with Crippen LogP contribution < -0.4 is 10.9 Å². The summed E-state index contributed by atoms with van der Waals surface area (Å²) in [5.74, 6) is -0.197. The van der Waals surface area contributed by atoms with E-state index in [4.69, 9.17) is 4.74 Å². The summed E-state index contributed by atoms with van der Waals surface area (Å²) in [5, 5.41) is 0. The summed E-state index contributed by atoms with van der Waals surface area (Å²) in [5.41, 5.74) is 8.41. The van der Waals surface area contributed by atoms with Crippen molar-refractivity contribution in [1.82, 2.24) is 15.8 Å². The van der Waals surface area contributed by atoms with Gasteiger partial charge in [-0.3, -0.25) is 4.79 Å². The van der Waals surface area contributed by atoms with Crippen LogP contribution in [0.5, 0.6) is 0 Å². The van der Waals surface area contributed by atoms with Crippen LogP contribution in [-0.2, 0) is 9.53 Å². The predicted molar refractivity (Wildman–Crippen MR) is 95.5 cm³/mol. The summed E-state index contributed by atoms with van der Waals surface area (Å²) < 4.78 is 18.9. The third-order valence-electron chi connectivity index (χ3n) is 5.02. The van der Waals surface area contributed by atoms with Gasteiger partial charge in [-0.1, -0.05) is 42.5 Å². The molecular formula is C20H22FN3O2. The topological polar surface area (TPSA) is 53.6 Å². The summed E-state index contributed by atoms with van der Waals surface area (Å²) in [6.45, 7) is 1.54. The maximum absolute atomic E-state index is 13.1. The molecule has 6 heteroatoms. The Labute approximate surface area is 152 Å². The zero-order chi connectivity index (χ0) is 17.9. The SMILES string of the molecule is O=C(C1CC(c2ccccc2)NN1)N1CCOC(c2ccc(F)cc2)C1. The summed E-state index contributed by atoms with van der Waals surface area (Å²) in [6, 6.07) is 16.3. The largest absolute Gasteiger partial charge is 0.370 e. The number of carbonyl (C=O) groups is 1. The van der Waals surface area contributed by atoms with Crippen molar-refractivity contribution in [2.45, 2.75) is 24.6 Å². The lowest BCUT2D eigenvalue weighted by Crippen LogP contribution is -2.50. The van der Waals surface area contributed by atoms with Crippen molar-refractivity contribution >= 4 is 5.91 Å². The van der Waals surface area contributed by atoms with Gasteiger partial charge < -0.3 is 9.64 Å². The first kappa shape index (κ1) is 17.1. The quantitative estimate of drug-likeness (QED) is 0.887. The predicted octanol–water partition coefficient (Wildman–Crippen LogP) is 2.33. The molecule has 0 bridgehead atoms. The smallest absolute Gasteiger partial charge is 0.241 e. The first-order chi connectivity index (χ1) is 12.7. The molecule has 5 nitrogen and oxygen atoms in total. The van der Waals surface area contributed by atoms with Crippen LogP contribution >= 0.6 is 0 Å². The fourth-order valence-electron chi connectivity index (χ4n) is 3.57. The Balaban J connectivity index is 1.39. The number of hydrazine groups is 1. The first-order valence-corrected chi connectivity index (χ1v) is 8.92. The molecule has 0 aromatic heterocycles. The zero-order valence-corrected chi connectivity index (χ0v) is 14.4. The first-order valence-electron chi connectivity index (χ1n) is 8.92. The molecule has 2 aliphatic heterocycles. The Morgan fingerprint density at radius 3 is 2.58 bits per heavy atom. The van der Waals surface area contributed by atoms with Crippen molar-refractivity contribution < 1.29 is 13.9 Å². The summed E-state index contributed by atoms with van der Waals surface area (Å²) >= 11 is 0. The average Bonchev–Trinajstić information content (AvgIpc) is 3.19. The lowest BCUT2D eigenvalue weighted by molar-refractivity contribution is -0.141. The molecule has 2 fully saturated rings. The minimum atomic E-state index is -0.273. The molecule has 0 aliphatic carbocycles. The molecule has 136 valence electrons. The number of amides is 1. The fraction of sp³-hybridized carbons (Fsp3) is 0.350. The van der Waals surface area contributed by atoms with E-state index in [1.165, 1.54) is 17.7 Å². The number of carbonyl (C=O) groups excluding carboxylic acids is 1. The van der Waals surface area contributed by atoms with E-state index >= 15 is 0 Å². The van der Waals surface area contributed by atoms with Gasteiger partial charge in [0.1, 0.15) is 18.0 Å². The van der Waals surface area contributed by atoms with Gasteiger partial charge in [-0.2, -0.15) is 0 Å². The highest BCUT2D eigenvalue weighted by molar-refractivity contribution is 5.82. The standard InChI is InChI=1S/C20H22FN3O2/c21-16-8-6-15(7-9-16)19-13-24(10-11-26-19)20(25)18-12-17(22-23-18)14-4-2-1-3-5-14/h1-9,17-19,22-23H,10-13H2. The monoisotopic (exact) mass is 355 g/mol. The van der Waals surface area contributed by atoms with Crippen molar-refractivity contribution in [3.63, 3.8) is 0 Å². The van der Waals surface area contributed by atoms with Crippen LogP contribution in [0.3, 0.4) is 0 Å². The van der Waals surface area contributed by atoms with Crippen molar-refractivity contribution in [1.29, 1.82) is 0 Å². The number of ether oxygens (including phenoxy) is 1. The molecule has 2 aromatic rings. The van der Waals surface area contributed by atoms with E-state index < -0.39 is 0 Å².